The fourth-order valence-electron chi connectivity index (χ4n) is 3.43. The van der Waals surface area contributed by atoms with E-state index in [0.717, 1.165) is 38.3 Å². The number of nitrogens with zero attached hydrogens (tertiary/aromatic N) is 3. The van der Waals surface area contributed by atoms with Crippen molar-refractivity contribution in [2.24, 2.45) is 5.73 Å². The van der Waals surface area contributed by atoms with Crippen molar-refractivity contribution < 1.29 is 0 Å². The van der Waals surface area contributed by atoms with Crippen molar-refractivity contribution in [1.82, 2.24) is 14.9 Å². The van der Waals surface area contributed by atoms with Crippen molar-refractivity contribution in [3.05, 3.63) is 60.4 Å². The van der Waals surface area contributed by atoms with Crippen LogP contribution in [0.1, 0.15) is 12.6 Å². The van der Waals surface area contributed by atoms with Crippen LogP contribution in [0.15, 0.2) is 54.7 Å². The summed E-state index contributed by atoms with van der Waals surface area (Å²) in [5, 5.41) is 4.45. The molecule has 0 fully saturated rings. The molecular formula is C21H22N4. The number of aromatic nitrogens is 2. The van der Waals surface area contributed by atoms with Crippen molar-refractivity contribution in [2.45, 2.75) is 12.5 Å². The van der Waals surface area contributed by atoms with Crippen LogP contribution in [-0.2, 0) is 5.54 Å². The minimum absolute atomic E-state index is 0.356. The maximum absolute atomic E-state index is 6.19. The Kier molecular flexibility index (Phi) is 3.67. The molecule has 0 aliphatic rings. The molecule has 0 radical (unpaired) electrons. The molecule has 2 aromatic heterocycles. The summed E-state index contributed by atoms with van der Waals surface area (Å²) in [4.78, 5) is 12.0. The molecule has 0 saturated heterocycles. The van der Waals surface area contributed by atoms with Crippen LogP contribution in [0.3, 0.4) is 0 Å². The van der Waals surface area contributed by atoms with E-state index < -0.39 is 0 Å². The molecule has 2 heterocycles. The van der Waals surface area contributed by atoms with Gasteiger partial charge in [-0.1, -0.05) is 48.5 Å². The van der Waals surface area contributed by atoms with Gasteiger partial charge in [-0.25, -0.2) is 4.98 Å². The third-order valence-electron chi connectivity index (χ3n) is 5.33. The first-order valence-corrected chi connectivity index (χ1v) is 8.50. The van der Waals surface area contributed by atoms with E-state index in [1.54, 1.807) is 0 Å². The summed E-state index contributed by atoms with van der Waals surface area (Å²) >= 11 is 0. The summed E-state index contributed by atoms with van der Waals surface area (Å²) in [6, 6.07) is 16.6. The summed E-state index contributed by atoms with van der Waals surface area (Å²) in [6.07, 6.45) is 1.93. The Bertz CT molecular complexity index is 1090. The van der Waals surface area contributed by atoms with Gasteiger partial charge in [-0.05, 0) is 21.0 Å². The largest absolute Gasteiger partial charge is 0.328 e. The van der Waals surface area contributed by atoms with Crippen molar-refractivity contribution >= 4 is 32.6 Å². The van der Waals surface area contributed by atoms with Gasteiger partial charge in [-0.15, -0.1) is 0 Å². The second-order valence-corrected chi connectivity index (χ2v) is 6.92. The Labute approximate surface area is 147 Å². The first-order chi connectivity index (χ1) is 12.1. The molecule has 1 atom stereocenters. The van der Waals surface area contributed by atoms with Gasteiger partial charge in [-0.2, -0.15) is 0 Å². The van der Waals surface area contributed by atoms with Crippen LogP contribution < -0.4 is 5.73 Å². The van der Waals surface area contributed by atoms with Crippen molar-refractivity contribution in [2.75, 3.05) is 20.6 Å². The molecule has 0 aliphatic heterocycles. The first-order valence-electron chi connectivity index (χ1n) is 8.50. The Morgan fingerprint density at radius 2 is 1.56 bits per heavy atom. The van der Waals surface area contributed by atoms with Gasteiger partial charge < -0.3 is 5.73 Å². The third-order valence-corrected chi connectivity index (χ3v) is 5.33. The molecule has 0 aliphatic carbocycles. The summed E-state index contributed by atoms with van der Waals surface area (Å²) in [5.41, 5.74) is 8.71. The Morgan fingerprint density at radius 1 is 0.920 bits per heavy atom. The highest BCUT2D eigenvalue weighted by Crippen LogP contribution is 2.35. The maximum atomic E-state index is 6.19. The van der Waals surface area contributed by atoms with Crippen LogP contribution in [0.25, 0.3) is 32.6 Å². The molecule has 0 amide bonds. The molecule has 25 heavy (non-hydrogen) atoms. The smallest absolute Gasteiger partial charge is 0.0975 e. The molecular weight excluding hydrogens is 308 g/mol. The molecule has 0 saturated carbocycles. The third kappa shape index (κ3) is 2.29. The van der Waals surface area contributed by atoms with Crippen molar-refractivity contribution in [3.8, 4) is 0 Å². The van der Waals surface area contributed by atoms with Crippen LogP contribution in [0.4, 0.5) is 0 Å². The Hall–Kier alpha value is -2.56. The van der Waals surface area contributed by atoms with E-state index in [2.05, 4.69) is 56.3 Å². The van der Waals surface area contributed by atoms with Gasteiger partial charge in [0.15, 0.2) is 0 Å². The zero-order valence-corrected chi connectivity index (χ0v) is 14.8. The van der Waals surface area contributed by atoms with Crippen molar-refractivity contribution in [1.29, 1.82) is 0 Å². The van der Waals surface area contributed by atoms with Crippen molar-refractivity contribution in [3.63, 3.8) is 0 Å². The maximum Gasteiger partial charge on any atom is 0.0975 e. The van der Waals surface area contributed by atoms with Crippen LogP contribution in [0, 0.1) is 0 Å². The lowest BCUT2D eigenvalue weighted by molar-refractivity contribution is 0.180. The van der Waals surface area contributed by atoms with Gasteiger partial charge in [0, 0.05) is 34.3 Å². The van der Waals surface area contributed by atoms with Gasteiger partial charge in [0.05, 0.1) is 22.3 Å². The number of hydrogen-bond acceptors (Lipinski definition) is 4. The molecule has 2 aromatic carbocycles. The Morgan fingerprint density at radius 3 is 2.24 bits per heavy atom. The zero-order chi connectivity index (χ0) is 17.6. The summed E-state index contributed by atoms with van der Waals surface area (Å²) in [7, 11) is 4.10. The van der Waals surface area contributed by atoms with Crippen LogP contribution in [-0.4, -0.2) is 35.5 Å². The fourth-order valence-corrected chi connectivity index (χ4v) is 3.43. The first kappa shape index (κ1) is 15.9. The molecule has 0 bridgehead atoms. The fraction of sp³-hybridized carbons (Fsp3) is 0.238. The number of likely N-dealkylation sites (N-methyl/N-ethyl adjacent to an activating group) is 1. The molecule has 4 nitrogen and oxygen atoms in total. The van der Waals surface area contributed by atoms with Crippen LogP contribution >= 0.6 is 0 Å². The lowest BCUT2D eigenvalue weighted by atomic mass is 9.90. The number of nitrogens with two attached hydrogens (primary N) is 1. The standard InChI is InChI=1S/C21H22N4/c1-21(13-22,25(2)3)20-17-11-7-6-10-16(17)18-19(24-20)15-9-5-4-8-14(15)12-23-18/h4-12H,13,22H2,1-3H3. The highest BCUT2D eigenvalue weighted by Gasteiger charge is 2.32. The van der Waals surface area contributed by atoms with Gasteiger partial charge in [0.25, 0.3) is 0 Å². The number of rotatable bonds is 3. The van der Waals surface area contributed by atoms with Crippen LogP contribution in [0.2, 0.25) is 0 Å². The highest BCUT2D eigenvalue weighted by molar-refractivity contribution is 6.13. The summed E-state index contributed by atoms with van der Waals surface area (Å²) in [6.45, 7) is 2.63. The van der Waals surface area contributed by atoms with E-state index in [4.69, 9.17) is 15.7 Å². The lowest BCUT2D eigenvalue weighted by Crippen LogP contribution is -2.45. The number of benzene rings is 2. The molecule has 1 unspecified atom stereocenters. The highest BCUT2D eigenvalue weighted by atomic mass is 15.2. The van der Waals surface area contributed by atoms with E-state index in [1.165, 1.54) is 0 Å². The lowest BCUT2D eigenvalue weighted by Gasteiger charge is -2.35. The van der Waals surface area contributed by atoms with Crippen LogP contribution in [0.5, 0.6) is 0 Å². The average Bonchev–Trinajstić information content (AvgIpc) is 2.66. The van der Waals surface area contributed by atoms with E-state index >= 15 is 0 Å². The number of pyridine rings is 2. The molecule has 4 aromatic rings. The van der Waals surface area contributed by atoms with Gasteiger partial charge in [0.1, 0.15) is 0 Å². The predicted octanol–water partition coefficient (Wildman–Crippen LogP) is 3.67. The molecule has 0 spiro atoms. The second-order valence-electron chi connectivity index (χ2n) is 6.92. The molecule has 2 N–H and O–H groups in total. The minimum Gasteiger partial charge on any atom is -0.328 e. The molecule has 4 heteroatoms. The second kappa shape index (κ2) is 5.76. The zero-order valence-electron chi connectivity index (χ0n) is 14.8. The van der Waals surface area contributed by atoms with Gasteiger partial charge >= 0.3 is 0 Å². The minimum atomic E-state index is -0.356. The van der Waals surface area contributed by atoms with E-state index in [9.17, 15) is 0 Å². The summed E-state index contributed by atoms with van der Waals surface area (Å²) in [5.74, 6) is 0. The topological polar surface area (TPSA) is 55.0 Å². The SMILES string of the molecule is CN(C)C(C)(CN)c1nc2c3ccccc3cnc2c2ccccc12. The monoisotopic (exact) mass is 330 g/mol. The summed E-state index contributed by atoms with van der Waals surface area (Å²) < 4.78 is 0. The predicted molar refractivity (Wildman–Crippen MR) is 105 cm³/mol. The van der Waals surface area contributed by atoms with E-state index in [-0.39, 0.29) is 5.54 Å². The molecule has 4 rings (SSSR count). The van der Waals surface area contributed by atoms with Gasteiger partial charge in [-0.3, -0.25) is 9.88 Å². The number of fused-ring (bicyclic) bond motifs is 5. The average molecular weight is 330 g/mol. The molecule has 126 valence electrons. The normalized spacial score (nSPS) is 14.4. The Balaban J connectivity index is 2.23. The van der Waals surface area contributed by atoms with E-state index in [1.807, 2.05) is 24.4 Å². The van der Waals surface area contributed by atoms with Gasteiger partial charge in [0.2, 0.25) is 0 Å². The number of hydrogen-bond donors (Lipinski definition) is 1. The van der Waals surface area contributed by atoms with E-state index in [0.29, 0.717) is 6.54 Å². The quantitative estimate of drug-likeness (QED) is 0.582.